The van der Waals surface area contributed by atoms with Crippen molar-refractivity contribution >= 4 is 18.3 Å². The van der Waals surface area contributed by atoms with Gasteiger partial charge in [0.2, 0.25) is 5.91 Å². The zero-order valence-electron chi connectivity index (χ0n) is 15.8. The van der Waals surface area contributed by atoms with Gasteiger partial charge < -0.3 is 25.9 Å². The van der Waals surface area contributed by atoms with Crippen molar-refractivity contribution in [3.8, 4) is 0 Å². The van der Waals surface area contributed by atoms with Gasteiger partial charge in [-0.05, 0) is 44.2 Å². The van der Waals surface area contributed by atoms with Crippen LogP contribution >= 0.6 is 0 Å². The molecule has 7 heteroatoms. The summed E-state index contributed by atoms with van der Waals surface area (Å²) in [5.74, 6) is -0.223. The third kappa shape index (κ3) is 11.0. The topological polar surface area (TPSA) is 111 Å². The summed E-state index contributed by atoms with van der Waals surface area (Å²) in [4.78, 5) is 34.7. The van der Waals surface area contributed by atoms with E-state index in [-0.39, 0.29) is 12.5 Å². The third-order valence-electron chi connectivity index (χ3n) is 4.07. The number of benzene rings is 1. The molecular formula is C20H31N3O4. The summed E-state index contributed by atoms with van der Waals surface area (Å²) in [6, 6.07) is 8.71. The lowest BCUT2D eigenvalue weighted by molar-refractivity contribution is -0.123. The highest BCUT2D eigenvalue weighted by Crippen LogP contribution is 2.04. The molecule has 0 aliphatic carbocycles. The van der Waals surface area contributed by atoms with Crippen molar-refractivity contribution in [1.29, 1.82) is 0 Å². The number of carbonyl (C=O) groups excluding carboxylic acids is 3. The summed E-state index contributed by atoms with van der Waals surface area (Å²) < 4.78 is 5.20. The van der Waals surface area contributed by atoms with E-state index >= 15 is 0 Å². The van der Waals surface area contributed by atoms with E-state index in [0.29, 0.717) is 25.9 Å². The molecule has 1 aromatic rings. The molecule has 0 saturated carbocycles. The predicted molar refractivity (Wildman–Crippen MR) is 104 cm³/mol. The lowest BCUT2D eigenvalue weighted by Gasteiger charge is -2.18. The number of rotatable bonds is 14. The number of aldehydes is 1. The summed E-state index contributed by atoms with van der Waals surface area (Å²) >= 11 is 0. The summed E-state index contributed by atoms with van der Waals surface area (Å²) in [5, 5.41) is 5.48. The molecule has 0 aliphatic heterocycles. The van der Waals surface area contributed by atoms with E-state index in [0.717, 1.165) is 44.0 Å². The Kier molecular flexibility index (Phi) is 12.3. The van der Waals surface area contributed by atoms with Crippen LogP contribution in [0.4, 0.5) is 4.79 Å². The highest BCUT2D eigenvalue weighted by molar-refractivity contribution is 5.85. The summed E-state index contributed by atoms with van der Waals surface area (Å²) in [5.41, 5.74) is 6.39. The van der Waals surface area contributed by atoms with Gasteiger partial charge in [0.15, 0.2) is 0 Å². The van der Waals surface area contributed by atoms with E-state index in [2.05, 4.69) is 10.6 Å². The molecule has 0 radical (unpaired) electrons. The molecule has 1 rings (SSSR count). The van der Waals surface area contributed by atoms with Crippen molar-refractivity contribution < 1.29 is 19.1 Å². The quantitative estimate of drug-likeness (QED) is 0.340. The lowest BCUT2D eigenvalue weighted by atomic mass is 10.1. The second-order valence-electron chi connectivity index (χ2n) is 6.35. The number of unbranched alkanes of at least 4 members (excludes halogenated alkanes) is 4. The van der Waals surface area contributed by atoms with Crippen LogP contribution in [0.15, 0.2) is 30.3 Å². The maximum absolute atomic E-state index is 12.4. The number of amides is 2. The first kappa shape index (κ1) is 22.6. The fourth-order valence-electron chi connectivity index (χ4n) is 2.53. The highest BCUT2D eigenvalue weighted by atomic mass is 16.5. The van der Waals surface area contributed by atoms with Crippen molar-refractivity contribution in [2.75, 3.05) is 13.1 Å². The Bertz CT molecular complexity index is 551. The molecule has 0 spiro atoms. The van der Waals surface area contributed by atoms with Crippen LogP contribution in [0.2, 0.25) is 0 Å². The Labute approximate surface area is 161 Å². The van der Waals surface area contributed by atoms with Crippen molar-refractivity contribution in [3.63, 3.8) is 0 Å². The Morgan fingerprint density at radius 3 is 2.56 bits per heavy atom. The molecule has 1 atom stereocenters. The Balaban J connectivity index is 2.40. The number of nitrogens with one attached hydrogen (secondary N) is 2. The molecule has 0 fully saturated rings. The first-order valence-electron chi connectivity index (χ1n) is 9.56. The first-order chi connectivity index (χ1) is 13.2. The molecule has 150 valence electrons. The van der Waals surface area contributed by atoms with E-state index in [1.165, 1.54) is 0 Å². The zero-order valence-corrected chi connectivity index (χ0v) is 15.8. The van der Waals surface area contributed by atoms with Gasteiger partial charge in [0.05, 0.1) is 0 Å². The van der Waals surface area contributed by atoms with Gasteiger partial charge in [-0.1, -0.05) is 36.8 Å². The third-order valence-corrected chi connectivity index (χ3v) is 4.07. The minimum Gasteiger partial charge on any atom is -0.445 e. The fourth-order valence-corrected chi connectivity index (χ4v) is 2.53. The highest BCUT2D eigenvalue weighted by Gasteiger charge is 2.20. The number of carbonyl (C=O) groups is 3. The molecule has 0 aromatic heterocycles. The van der Waals surface area contributed by atoms with Gasteiger partial charge in [-0.25, -0.2) is 4.79 Å². The van der Waals surface area contributed by atoms with Crippen LogP contribution in [0.5, 0.6) is 0 Å². The van der Waals surface area contributed by atoms with Crippen LogP contribution in [0.3, 0.4) is 0 Å². The normalized spacial score (nSPS) is 11.4. The van der Waals surface area contributed by atoms with Crippen LogP contribution in [-0.2, 0) is 20.9 Å². The molecule has 0 bridgehead atoms. The van der Waals surface area contributed by atoms with Crippen LogP contribution < -0.4 is 16.4 Å². The van der Waals surface area contributed by atoms with Crippen molar-refractivity contribution in [1.82, 2.24) is 10.6 Å². The maximum atomic E-state index is 12.4. The maximum Gasteiger partial charge on any atom is 0.408 e. The Morgan fingerprint density at radius 1 is 1.07 bits per heavy atom. The zero-order chi connectivity index (χ0) is 19.7. The van der Waals surface area contributed by atoms with E-state index in [4.69, 9.17) is 10.5 Å². The first-order valence-corrected chi connectivity index (χ1v) is 9.56. The van der Waals surface area contributed by atoms with E-state index in [1.807, 2.05) is 30.3 Å². The van der Waals surface area contributed by atoms with Crippen LogP contribution in [0.1, 0.15) is 50.5 Å². The molecule has 4 N–H and O–H groups in total. The summed E-state index contributed by atoms with van der Waals surface area (Å²) in [6.45, 7) is 1.22. The predicted octanol–water partition coefficient (Wildman–Crippen LogP) is 2.29. The van der Waals surface area contributed by atoms with Gasteiger partial charge >= 0.3 is 6.09 Å². The molecule has 27 heavy (non-hydrogen) atoms. The average molecular weight is 377 g/mol. The fraction of sp³-hybridized carbons (Fsp3) is 0.550. The summed E-state index contributed by atoms with van der Waals surface area (Å²) in [6.07, 6.45) is 5.37. The second kappa shape index (κ2) is 14.7. The number of hydrogen-bond donors (Lipinski definition) is 3. The monoisotopic (exact) mass is 377 g/mol. The molecule has 0 saturated heterocycles. The molecule has 0 heterocycles. The van der Waals surface area contributed by atoms with Crippen LogP contribution in [-0.4, -0.2) is 37.4 Å². The Hall–Kier alpha value is -2.41. The molecule has 0 unspecified atom stereocenters. The number of alkyl carbamates (subject to hydrolysis) is 1. The van der Waals surface area contributed by atoms with Gasteiger partial charge in [0, 0.05) is 13.0 Å². The van der Waals surface area contributed by atoms with E-state index in [9.17, 15) is 14.4 Å². The van der Waals surface area contributed by atoms with Gasteiger partial charge in [0.25, 0.3) is 0 Å². The minimum atomic E-state index is -0.644. The van der Waals surface area contributed by atoms with Crippen molar-refractivity contribution in [2.24, 2.45) is 5.73 Å². The van der Waals surface area contributed by atoms with Crippen LogP contribution in [0.25, 0.3) is 0 Å². The summed E-state index contributed by atoms with van der Waals surface area (Å²) in [7, 11) is 0. The number of hydrogen-bond acceptors (Lipinski definition) is 5. The van der Waals surface area contributed by atoms with Gasteiger partial charge in [0.1, 0.15) is 18.9 Å². The molecule has 2 amide bonds. The van der Waals surface area contributed by atoms with E-state index < -0.39 is 12.1 Å². The average Bonchev–Trinajstić information content (AvgIpc) is 2.69. The lowest BCUT2D eigenvalue weighted by Crippen LogP contribution is -2.47. The smallest absolute Gasteiger partial charge is 0.408 e. The second-order valence-corrected chi connectivity index (χ2v) is 6.35. The van der Waals surface area contributed by atoms with Gasteiger partial charge in [-0.2, -0.15) is 0 Å². The molecule has 1 aromatic carbocycles. The number of ether oxygens (including phenoxy) is 1. The standard InChI is InChI=1S/C20H31N3O4/c21-13-7-6-12-18(19(25)22-14-8-1-2-9-15-24)23-20(26)27-16-17-10-4-3-5-11-17/h3-5,10-11,15,18H,1-2,6-9,12-14,16,21H2,(H,22,25)(H,23,26)/t18-/m0/s1. The molecular weight excluding hydrogens is 346 g/mol. The van der Waals surface area contributed by atoms with Crippen molar-refractivity contribution in [3.05, 3.63) is 35.9 Å². The molecule has 7 nitrogen and oxygen atoms in total. The van der Waals surface area contributed by atoms with Crippen molar-refractivity contribution in [2.45, 2.75) is 57.6 Å². The Morgan fingerprint density at radius 2 is 1.85 bits per heavy atom. The molecule has 0 aliphatic rings. The van der Waals surface area contributed by atoms with Crippen LogP contribution in [0, 0.1) is 0 Å². The van der Waals surface area contributed by atoms with Gasteiger partial charge in [-0.15, -0.1) is 0 Å². The SMILES string of the molecule is NCCCC[C@H](NC(=O)OCc1ccccc1)C(=O)NCCCCCC=O. The largest absolute Gasteiger partial charge is 0.445 e. The van der Waals surface area contributed by atoms with Gasteiger partial charge in [-0.3, -0.25) is 4.79 Å². The minimum absolute atomic E-state index is 0.153. The number of nitrogens with two attached hydrogens (primary N) is 1. The van der Waals surface area contributed by atoms with E-state index in [1.54, 1.807) is 0 Å².